The number of hydrogen-bond acceptors (Lipinski definition) is 5. The first kappa shape index (κ1) is 13.7. The Morgan fingerprint density at radius 3 is 3.00 bits per heavy atom. The minimum atomic E-state index is -0.141. The Labute approximate surface area is 136 Å². The van der Waals surface area contributed by atoms with Gasteiger partial charge in [0.25, 0.3) is 0 Å². The quantitative estimate of drug-likeness (QED) is 0.681. The summed E-state index contributed by atoms with van der Waals surface area (Å²) in [5.41, 5.74) is 1.57. The molecule has 0 aliphatic heterocycles. The molecule has 0 aromatic carbocycles. The van der Waals surface area contributed by atoms with E-state index in [1.807, 2.05) is 22.3 Å². The molecular formula is C15H12ClN5S. The Bertz CT molecular complexity index is 887. The van der Waals surface area contributed by atoms with Gasteiger partial charge in [0.2, 0.25) is 5.28 Å². The molecule has 7 heteroatoms. The predicted octanol–water partition coefficient (Wildman–Crippen LogP) is 4.00. The van der Waals surface area contributed by atoms with Crippen LogP contribution in [-0.4, -0.2) is 19.7 Å². The molecule has 110 valence electrons. The predicted molar refractivity (Wildman–Crippen MR) is 85.7 cm³/mol. The monoisotopic (exact) mass is 329 g/mol. The van der Waals surface area contributed by atoms with Crippen LogP contribution < -0.4 is 0 Å². The van der Waals surface area contributed by atoms with Crippen LogP contribution in [-0.2, 0) is 5.54 Å². The van der Waals surface area contributed by atoms with E-state index in [2.05, 4.69) is 21.1 Å². The van der Waals surface area contributed by atoms with E-state index in [0.29, 0.717) is 6.42 Å². The third-order valence-electron chi connectivity index (χ3n) is 4.33. The SMILES string of the molecule is N#CCC1(n2cc(-c3nc(Cl)nc4sccc34)cn2)CCC1. The molecule has 0 N–H and O–H groups in total. The van der Waals surface area contributed by atoms with Crippen LogP contribution in [0.2, 0.25) is 5.28 Å². The minimum absolute atomic E-state index is 0.141. The molecule has 5 nitrogen and oxygen atoms in total. The maximum Gasteiger partial charge on any atom is 0.224 e. The molecule has 0 atom stereocenters. The molecule has 0 bridgehead atoms. The van der Waals surface area contributed by atoms with E-state index in [0.717, 1.165) is 40.7 Å². The number of aromatic nitrogens is 4. The summed E-state index contributed by atoms with van der Waals surface area (Å²) in [7, 11) is 0. The molecule has 1 aliphatic rings. The lowest BCUT2D eigenvalue weighted by atomic mass is 9.75. The molecule has 0 unspecified atom stereocenters. The second kappa shape index (κ2) is 5.04. The van der Waals surface area contributed by atoms with Gasteiger partial charge in [-0.15, -0.1) is 11.3 Å². The van der Waals surface area contributed by atoms with Crippen molar-refractivity contribution in [2.24, 2.45) is 0 Å². The minimum Gasteiger partial charge on any atom is -0.265 e. The van der Waals surface area contributed by atoms with E-state index in [9.17, 15) is 0 Å². The van der Waals surface area contributed by atoms with Crippen molar-refractivity contribution in [1.29, 1.82) is 5.26 Å². The summed E-state index contributed by atoms with van der Waals surface area (Å²) in [6.45, 7) is 0. The normalized spacial score (nSPS) is 16.4. The van der Waals surface area contributed by atoms with Gasteiger partial charge in [-0.05, 0) is 42.3 Å². The average Bonchev–Trinajstić information content (AvgIpc) is 3.10. The molecule has 1 aliphatic carbocycles. The topological polar surface area (TPSA) is 67.4 Å². The van der Waals surface area contributed by atoms with Gasteiger partial charge in [-0.2, -0.15) is 10.4 Å². The molecule has 1 fully saturated rings. The lowest BCUT2D eigenvalue weighted by Crippen LogP contribution is -2.40. The first-order valence-electron chi connectivity index (χ1n) is 7.05. The molecule has 0 spiro atoms. The maximum atomic E-state index is 9.07. The largest absolute Gasteiger partial charge is 0.265 e. The Hall–Kier alpha value is -1.97. The van der Waals surface area contributed by atoms with E-state index in [-0.39, 0.29) is 10.8 Å². The molecule has 0 amide bonds. The lowest BCUT2D eigenvalue weighted by Gasteiger charge is -2.40. The Morgan fingerprint density at radius 2 is 2.27 bits per heavy atom. The van der Waals surface area contributed by atoms with Crippen molar-refractivity contribution >= 4 is 33.2 Å². The van der Waals surface area contributed by atoms with Crippen LogP contribution in [0.25, 0.3) is 21.5 Å². The van der Waals surface area contributed by atoms with Gasteiger partial charge < -0.3 is 0 Å². The van der Waals surface area contributed by atoms with Crippen molar-refractivity contribution in [3.63, 3.8) is 0 Å². The third kappa shape index (κ3) is 2.01. The summed E-state index contributed by atoms with van der Waals surface area (Å²) in [5, 5.41) is 16.8. The average molecular weight is 330 g/mol. The zero-order valence-electron chi connectivity index (χ0n) is 11.7. The molecule has 3 aromatic heterocycles. The lowest BCUT2D eigenvalue weighted by molar-refractivity contribution is 0.130. The summed E-state index contributed by atoms with van der Waals surface area (Å²) >= 11 is 7.57. The highest BCUT2D eigenvalue weighted by Crippen LogP contribution is 2.42. The van der Waals surface area contributed by atoms with Crippen LogP contribution in [0.3, 0.4) is 0 Å². The summed E-state index contributed by atoms with van der Waals surface area (Å²) in [6, 6.07) is 4.28. The number of nitrogens with zero attached hydrogens (tertiary/aromatic N) is 5. The molecule has 1 saturated carbocycles. The van der Waals surface area contributed by atoms with E-state index >= 15 is 0 Å². The zero-order valence-corrected chi connectivity index (χ0v) is 13.2. The van der Waals surface area contributed by atoms with Gasteiger partial charge >= 0.3 is 0 Å². The molecular weight excluding hydrogens is 318 g/mol. The molecule has 0 radical (unpaired) electrons. The number of fused-ring (bicyclic) bond motifs is 1. The summed E-state index contributed by atoms with van der Waals surface area (Å²) in [4.78, 5) is 9.48. The number of rotatable bonds is 3. The van der Waals surface area contributed by atoms with Gasteiger partial charge in [0.15, 0.2) is 0 Å². The molecule has 0 saturated heterocycles. The fourth-order valence-corrected chi connectivity index (χ4v) is 3.96. The van der Waals surface area contributed by atoms with Crippen LogP contribution in [0.4, 0.5) is 0 Å². The van der Waals surface area contributed by atoms with Crippen LogP contribution >= 0.6 is 22.9 Å². The summed E-state index contributed by atoms with van der Waals surface area (Å²) < 4.78 is 1.93. The van der Waals surface area contributed by atoms with Crippen LogP contribution in [0, 0.1) is 11.3 Å². The van der Waals surface area contributed by atoms with Gasteiger partial charge in [-0.25, -0.2) is 9.97 Å². The maximum absolute atomic E-state index is 9.07. The second-order valence-electron chi connectivity index (χ2n) is 5.57. The number of thiophene rings is 1. The fraction of sp³-hybridized carbons (Fsp3) is 0.333. The summed E-state index contributed by atoms with van der Waals surface area (Å²) in [5.74, 6) is 0. The number of nitriles is 1. The zero-order chi connectivity index (χ0) is 15.2. The first-order valence-corrected chi connectivity index (χ1v) is 8.31. The Morgan fingerprint density at radius 1 is 1.41 bits per heavy atom. The molecule has 3 aromatic rings. The fourth-order valence-electron chi connectivity index (χ4n) is 2.97. The van der Waals surface area contributed by atoms with Gasteiger partial charge in [-0.1, -0.05) is 0 Å². The van der Waals surface area contributed by atoms with E-state index < -0.39 is 0 Å². The van der Waals surface area contributed by atoms with Crippen molar-refractivity contribution in [1.82, 2.24) is 19.7 Å². The van der Waals surface area contributed by atoms with Gasteiger partial charge in [0.1, 0.15) is 4.83 Å². The van der Waals surface area contributed by atoms with E-state index in [4.69, 9.17) is 16.9 Å². The van der Waals surface area contributed by atoms with Gasteiger partial charge in [0.05, 0.1) is 29.9 Å². The second-order valence-corrected chi connectivity index (χ2v) is 6.80. The number of halogens is 1. The van der Waals surface area contributed by atoms with Crippen molar-refractivity contribution in [3.8, 4) is 17.3 Å². The van der Waals surface area contributed by atoms with E-state index in [1.54, 1.807) is 17.5 Å². The van der Waals surface area contributed by atoms with Crippen LogP contribution in [0.1, 0.15) is 25.7 Å². The summed E-state index contributed by atoms with van der Waals surface area (Å²) in [6.07, 6.45) is 7.41. The van der Waals surface area contributed by atoms with Crippen LogP contribution in [0.5, 0.6) is 0 Å². The van der Waals surface area contributed by atoms with Crippen molar-refractivity contribution in [2.45, 2.75) is 31.2 Å². The molecule has 3 heterocycles. The van der Waals surface area contributed by atoms with Crippen LogP contribution in [0.15, 0.2) is 23.8 Å². The third-order valence-corrected chi connectivity index (χ3v) is 5.31. The highest BCUT2D eigenvalue weighted by atomic mass is 35.5. The smallest absolute Gasteiger partial charge is 0.224 e. The Balaban J connectivity index is 1.81. The van der Waals surface area contributed by atoms with Gasteiger partial charge in [-0.3, -0.25) is 4.68 Å². The molecule has 4 rings (SSSR count). The first-order chi connectivity index (χ1) is 10.7. The highest BCUT2D eigenvalue weighted by molar-refractivity contribution is 7.16. The Kier molecular flexibility index (Phi) is 3.13. The van der Waals surface area contributed by atoms with Crippen molar-refractivity contribution < 1.29 is 0 Å². The van der Waals surface area contributed by atoms with Gasteiger partial charge in [0, 0.05) is 17.1 Å². The molecule has 22 heavy (non-hydrogen) atoms. The van der Waals surface area contributed by atoms with E-state index in [1.165, 1.54) is 0 Å². The number of hydrogen-bond donors (Lipinski definition) is 0. The van der Waals surface area contributed by atoms with Crippen molar-refractivity contribution in [2.75, 3.05) is 0 Å². The standard InChI is InChI=1S/C15H12ClN5S/c16-14-19-12(11-2-7-22-13(11)20-14)10-8-18-21(9-10)15(5-6-17)3-1-4-15/h2,7-9H,1,3-5H2. The van der Waals surface area contributed by atoms with Crippen molar-refractivity contribution in [3.05, 3.63) is 29.1 Å². The highest BCUT2D eigenvalue weighted by Gasteiger charge is 2.39.